The Morgan fingerprint density at radius 2 is 2.25 bits per heavy atom. The number of ether oxygens (including phenoxy) is 3. The zero-order valence-electron chi connectivity index (χ0n) is 12.4. The Hall–Kier alpha value is -1.47. The maximum Gasteiger partial charge on any atom is 0.360 e. The zero-order valence-corrected chi connectivity index (χ0v) is 12.4. The van der Waals surface area contributed by atoms with E-state index >= 15 is 0 Å². The maximum atomic E-state index is 11.6. The van der Waals surface area contributed by atoms with Crippen LogP contribution in [0.2, 0.25) is 0 Å². The second-order valence-electron chi connectivity index (χ2n) is 5.53. The molecule has 1 aliphatic rings. The Morgan fingerprint density at radius 3 is 2.80 bits per heavy atom. The lowest BCUT2D eigenvalue weighted by molar-refractivity contribution is -0.0239. The van der Waals surface area contributed by atoms with Crippen molar-refractivity contribution in [2.75, 3.05) is 14.2 Å². The third-order valence-corrected chi connectivity index (χ3v) is 3.43. The molecule has 2 rings (SSSR count). The van der Waals surface area contributed by atoms with Crippen molar-refractivity contribution in [3.63, 3.8) is 0 Å². The number of esters is 1. The van der Waals surface area contributed by atoms with Gasteiger partial charge in [-0.3, -0.25) is 0 Å². The fourth-order valence-corrected chi connectivity index (χ4v) is 2.41. The molecule has 0 aliphatic carbocycles. The van der Waals surface area contributed by atoms with E-state index in [0.717, 1.165) is 12.8 Å². The van der Waals surface area contributed by atoms with Gasteiger partial charge in [0.15, 0.2) is 5.69 Å². The molecule has 20 heavy (non-hydrogen) atoms. The van der Waals surface area contributed by atoms with Gasteiger partial charge >= 0.3 is 5.97 Å². The number of carbonyl (C=O) groups is 1. The standard InChI is InChI=1S/C13H21N3O4/c1-13(2)6-5-9(20-13)7-16-10(8-18-3)11(14-15-16)12(17)19-4/h9H,5-8H2,1-4H3. The van der Waals surface area contributed by atoms with Crippen LogP contribution in [0.5, 0.6) is 0 Å². The number of aromatic nitrogens is 3. The van der Waals surface area contributed by atoms with E-state index in [0.29, 0.717) is 12.2 Å². The number of hydrogen-bond donors (Lipinski definition) is 0. The minimum absolute atomic E-state index is 0.0767. The topological polar surface area (TPSA) is 75.5 Å². The summed E-state index contributed by atoms with van der Waals surface area (Å²) in [5.41, 5.74) is 0.719. The molecule has 1 aliphatic heterocycles. The van der Waals surface area contributed by atoms with Crippen molar-refractivity contribution in [2.45, 2.75) is 51.5 Å². The van der Waals surface area contributed by atoms with Gasteiger partial charge in [0, 0.05) is 7.11 Å². The van der Waals surface area contributed by atoms with Crippen molar-refractivity contribution in [2.24, 2.45) is 0 Å². The van der Waals surface area contributed by atoms with Crippen LogP contribution in [0.25, 0.3) is 0 Å². The Morgan fingerprint density at radius 1 is 1.50 bits per heavy atom. The second-order valence-corrected chi connectivity index (χ2v) is 5.53. The van der Waals surface area contributed by atoms with Crippen molar-refractivity contribution < 1.29 is 19.0 Å². The Labute approximate surface area is 118 Å². The normalized spacial score (nSPS) is 21.1. The minimum Gasteiger partial charge on any atom is -0.464 e. The van der Waals surface area contributed by atoms with E-state index in [4.69, 9.17) is 14.2 Å². The first-order valence-electron chi connectivity index (χ1n) is 6.64. The van der Waals surface area contributed by atoms with Crippen LogP contribution in [0, 0.1) is 0 Å². The number of hydrogen-bond acceptors (Lipinski definition) is 6. The van der Waals surface area contributed by atoms with E-state index in [2.05, 4.69) is 24.2 Å². The zero-order chi connectivity index (χ0) is 14.8. The molecule has 2 heterocycles. The number of nitrogens with zero attached hydrogens (tertiary/aromatic N) is 3. The molecule has 1 unspecified atom stereocenters. The molecule has 112 valence electrons. The lowest BCUT2D eigenvalue weighted by Crippen LogP contribution is -2.24. The summed E-state index contributed by atoms with van der Waals surface area (Å²) in [6, 6.07) is 0. The highest BCUT2D eigenvalue weighted by Crippen LogP contribution is 2.30. The fourth-order valence-electron chi connectivity index (χ4n) is 2.41. The van der Waals surface area contributed by atoms with Gasteiger partial charge in [0.05, 0.1) is 37.7 Å². The Bertz CT molecular complexity index is 484. The smallest absolute Gasteiger partial charge is 0.360 e. The van der Waals surface area contributed by atoms with Crippen LogP contribution >= 0.6 is 0 Å². The molecule has 0 aromatic carbocycles. The lowest BCUT2D eigenvalue weighted by Gasteiger charge is -2.19. The van der Waals surface area contributed by atoms with Gasteiger partial charge in [-0.1, -0.05) is 5.21 Å². The molecule has 1 aromatic heterocycles. The predicted molar refractivity (Wildman–Crippen MR) is 70.3 cm³/mol. The summed E-state index contributed by atoms with van der Waals surface area (Å²) in [5, 5.41) is 7.91. The van der Waals surface area contributed by atoms with Gasteiger partial charge in [0.2, 0.25) is 0 Å². The Kier molecular flexibility index (Phi) is 4.39. The molecule has 0 bridgehead atoms. The fraction of sp³-hybridized carbons (Fsp3) is 0.769. The molecule has 7 heteroatoms. The average molecular weight is 283 g/mol. The summed E-state index contributed by atoms with van der Waals surface area (Å²) in [6.45, 7) is 4.97. The number of rotatable bonds is 5. The highest BCUT2D eigenvalue weighted by Gasteiger charge is 2.33. The summed E-state index contributed by atoms with van der Waals surface area (Å²) in [6.07, 6.45) is 2.05. The molecule has 0 N–H and O–H groups in total. The van der Waals surface area contributed by atoms with E-state index in [1.807, 2.05) is 0 Å². The highest BCUT2D eigenvalue weighted by molar-refractivity contribution is 5.88. The molecule has 1 saturated heterocycles. The molecule has 7 nitrogen and oxygen atoms in total. The van der Waals surface area contributed by atoms with Crippen LogP contribution < -0.4 is 0 Å². The molecule has 1 aromatic rings. The van der Waals surface area contributed by atoms with E-state index in [1.54, 1.807) is 11.8 Å². The molecule has 0 spiro atoms. The van der Waals surface area contributed by atoms with Crippen molar-refractivity contribution >= 4 is 5.97 Å². The van der Waals surface area contributed by atoms with Crippen LogP contribution in [-0.2, 0) is 27.4 Å². The van der Waals surface area contributed by atoms with Crippen molar-refractivity contribution in [3.8, 4) is 0 Å². The molecule has 0 saturated carbocycles. The molecular formula is C13H21N3O4. The van der Waals surface area contributed by atoms with E-state index in [9.17, 15) is 4.79 Å². The van der Waals surface area contributed by atoms with Gasteiger partial charge in [0.25, 0.3) is 0 Å². The molecule has 1 atom stereocenters. The van der Waals surface area contributed by atoms with Gasteiger partial charge in [-0.05, 0) is 26.7 Å². The first-order chi connectivity index (χ1) is 9.46. The van der Waals surface area contributed by atoms with Crippen LogP contribution in [0.15, 0.2) is 0 Å². The van der Waals surface area contributed by atoms with Gasteiger partial charge < -0.3 is 14.2 Å². The van der Waals surface area contributed by atoms with Gasteiger partial charge in [-0.15, -0.1) is 5.10 Å². The predicted octanol–water partition coefficient (Wildman–Crippen LogP) is 1.17. The number of methoxy groups -OCH3 is 2. The van der Waals surface area contributed by atoms with Gasteiger partial charge in [0.1, 0.15) is 0 Å². The quantitative estimate of drug-likeness (QED) is 0.755. The molecule has 0 amide bonds. The molecule has 0 radical (unpaired) electrons. The number of carbonyl (C=O) groups excluding carboxylic acids is 1. The first-order valence-corrected chi connectivity index (χ1v) is 6.64. The van der Waals surface area contributed by atoms with Crippen molar-refractivity contribution in [3.05, 3.63) is 11.4 Å². The summed E-state index contributed by atoms with van der Waals surface area (Å²) in [7, 11) is 2.88. The monoisotopic (exact) mass is 283 g/mol. The third kappa shape index (κ3) is 3.16. The average Bonchev–Trinajstić information content (AvgIpc) is 2.94. The Balaban J connectivity index is 2.15. The van der Waals surface area contributed by atoms with Gasteiger partial charge in [-0.25, -0.2) is 9.48 Å². The minimum atomic E-state index is -0.504. The SMILES string of the molecule is COCc1c(C(=O)OC)nnn1CC1CCC(C)(C)O1. The third-order valence-electron chi connectivity index (χ3n) is 3.43. The van der Waals surface area contributed by atoms with E-state index in [1.165, 1.54) is 7.11 Å². The lowest BCUT2D eigenvalue weighted by atomic mass is 10.1. The van der Waals surface area contributed by atoms with E-state index in [-0.39, 0.29) is 24.0 Å². The molecular weight excluding hydrogens is 262 g/mol. The summed E-state index contributed by atoms with van der Waals surface area (Å²) in [4.78, 5) is 11.6. The largest absolute Gasteiger partial charge is 0.464 e. The first kappa shape index (κ1) is 14.9. The summed E-state index contributed by atoms with van der Waals surface area (Å²) in [5.74, 6) is -0.504. The second kappa shape index (κ2) is 5.88. The van der Waals surface area contributed by atoms with Crippen LogP contribution in [0.4, 0.5) is 0 Å². The van der Waals surface area contributed by atoms with Crippen molar-refractivity contribution in [1.82, 2.24) is 15.0 Å². The van der Waals surface area contributed by atoms with Gasteiger partial charge in [-0.2, -0.15) is 0 Å². The van der Waals surface area contributed by atoms with Crippen LogP contribution in [0.3, 0.4) is 0 Å². The van der Waals surface area contributed by atoms with Crippen LogP contribution in [0.1, 0.15) is 42.9 Å². The van der Waals surface area contributed by atoms with Crippen LogP contribution in [-0.4, -0.2) is 46.9 Å². The van der Waals surface area contributed by atoms with E-state index < -0.39 is 5.97 Å². The summed E-state index contributed by atoms with van der Waals surface area (Å²) >= 11 is 0. The molecule has 1 fully saturated rings. The van der Waals surface area contributed by atoms with Crippen molar-refractivity contribution in [1.29, 1.82) is 0 Å². The highest BCUT2D eigenvalue weighted by atomic mass is 16.5. The maximum absolute atomic E-state index is 11.6. The summed E-state index contributed by atoms with van der Waals surface area (Å²) < 4.78 is 17.4.